The second-order valence-electron chi connectivity index (χ2n) is 5.12. The predicted octanol–water partition coefficient (Wildman–Crippen LogP) is 3.03. The lowest BCUT2D eigenvalue weighted by atomic mass is 9.96. The number of hydrogen-bond acceptors (Lipinski definition) is 4. The molecular formula is C16H34O4. The maximum Gasteiger partial charge on any atom is 0.0701 e. The van der Waals surface area contributed by atoms with Crippen LogP contribution >= 0.6 is 0 Å². The van der Waals surface area contributed by atoms with Crippen LogP contribution in [-0.4, -0.2) is 51.4 Å². The molecule has 0 bridgehead atoms. The van der Waals surface area contributed by atoms with E-state index in [0.29, 0.717) is 33.0 Å². The van der Waals surface area contributed by atoms with Crippen molar-refractivity contribution in [3.8, 4) is 0 Å². The van der Waals surface area contributed by atoms with E-state index >= 15 is 0 Å². The molecule has 0 aromatic rings. The van der Waals surface area contributed by atoms with Crippen molar-refractivity contribution in [2.75, 3.05) is 46.2 Å². The molecular weight excluding hydrogens is 256 g/mol. The smallest absolute Gasteiger partial charge is 0.0701 e. The van der Waals surface area contributed by atoms with Gasteiger partial charge in [0.1, 0.15) is 0 Å². The van der Waals surface area contributed by atoms with Crippen LogP contribution < -0.4 is 0 Å². The monoisotopic (exact) mass is 290 g/mol. The zero-order valence-electron chi connectivity index (χ0n) is 13.4. The van der Waals surface area contributed by atoms with Gasteiger partial charge in [-0.05, 0) is 12.3 Å². The number of hydrogen-bond donors (Lipinski definition) is 1. The highest BCUT2D eigenvalue weighted by atomic mass is 16.5. The van der Waals surface area contributed by atoms with Gasteiger partial charge in [0.25, 0.3) is 0 Å². The Morgan fingerprint density at radius 2 is 1.35 bits per heavy atom. The minimum absolute atomic E-state index is 0.0694. The number of ether oxygens (including phenoxy) is 3. The summed E-state index contributed by atoms with van der Waals surface area (Å²) in [6, 6.07) is 0. The SMILES string of the molecule is CCCCCC(CC)CCOCCOCCOCCO. The summed E-state index contributed by atoms with van der Waals surface area (Å²) in [5.41, 5.74) is 0. The third-order valence-electron chi connectivity index (χ3n) is 3.44. The van der Waals surface area contributed by atoms with E-state index < -0.39 is 0 Å². The Bertz CT molecular complexity index is 176. The summed E-state index contributed by atoms with van der Waals surface area (Å²) in [6.45, 7) is 8.20. The van der Waals surface area contributed by atoms with Crippen LogP contribution in [0, 0.1) is 5.92 Å². The van der Waals surface area contributed by atoms with Crippen LogP contribution in [0.5, 0.6) is 0 Å². The maximum atomic E-state index is 8.51. The van der Waals surface area contributed by atoms with E-state index in [1.165, 1.54) is 38.5 Å². The number of aliphatic hydroxyl groups excluding tert-OH is 1. The van der Waals surface area contributed by atoms with Crippen molar-refractivity contribution in [1.82, 2.24) is 0 Å². The molecule has 0 saturated carbocycles. The Hall–Kier alpha value is -0.160. The van der Waals surface area contributed by atoms with Gasteiger partial charge < -0.3 is 19.3 Å². The van der Waals surface area contributed by atoms with Gasteiger partial charge in [-0.25, -0.2) is 0 Å². The topological polar surface area (TPSA) is 47.9 Å². The molecule has 4 nitrogen and oxygen atoms in total. The van der Waals surface area contributed by atoms with E-state index in [4.69, 9.17) is 19.3 Å². The molecule has 0 aromatic heterocycles. The van der Waals surface area contributed by atoms with Crippen LogP contribution in [0.15, 0.2) is 0 Å². The van der Waals surface area contributed by atoms with Crippen LogP contribution in [0.4, 0.5) is 0 Å². The molecule has 0 rings (SSSR count). The standard InChI is InChI=1S/C16H34O4/c1-3-5-6-7-16(4-2)8-10-18-12-14-20-15-13-19-11-9-17/h16-17H,3-15H2,1-2H3. The maximum absolute atomic E-state index is 8.51. The average molecular weight is 290 g/mol. The van der Waals surface area contributed by atoms with Gasteiger partial charge in [0, 0.05) is 6.61 Å². The molecule has 0 spiro atoms. The molecule has 0 aromatic carbocycles. The molecule has 0 amide bonds. The summed E-state index contributed by atoms with van der Waals surface area (Å²) in [6.07, 6.45) is 7.76. The van der Waals surface area contributed by atoms with Crippen LogP contribution in [-0.2, 0) is 14.2 Å². The highest BCUT2D eigenvalue weighted by molar-refractivity contribution is 4.57. The lowest BCUT2D eigenvalue weighted by Gasteiger charge is -2.14. The van der Waals surface area contributed by atoms with E-state index in [2.05, 4.69) is 13.8 Å². The molecule has 0 fully saturated rings. The first-order chi connectivity index (χ1) is 9.85. The second-order valence-corrected chi connectivity index (χ2v) is 5.12. The predicted molar refractivity (Wildman–Crippen MR) is 82.1 cm³/mol. The van der Waals surface area contributed by atoms with Gasteiger partial charge in [-0.2, -0.15) is 0 Å². The average Bonchev–Trinajstić information content (AvgIpc) is 2.47. The summed E-state index contributed by atoms with van der Waals surface area (Å²) >= 11 is 0. The Morgan fingerprint density at radius 3 is 1.90 bits per heavy atom. The van der Waals surface area contributed by atoms with Gasteiger partial charge in [0.05, 0.1) is 39.6 Å². The van der Waals surface area contributed by atoms with Crippen molar-refractivity contribution >= 4 is 0 Å². The first-order valence-electron chi connectivity index (χ1n) is 8.19. The van der Waals surface area contributed by atoms with Crippen molar-refractivity contribution in [2.24, 2.45) is 5.92 Å². The molecule has 0 aliphatic heterocycles. The number of aliphatic hydroxyl groups is 1. The summed E-state index contributed by atoms with van der Waals surface area (Å²) < 4.78 is 16.0. The molecule has 122 valence electrons. The molecule has 20 heavy (non-hydrogen) atoms. The van der Waals surface area contributed by atoms with Gasteiger partial charge in [-0.1, -0.05) is 46.0 Å². The molecule has 4 heteroatoms. The summed E-state index contributed by atoms with van der Waals surface area (Å²) in [5, 5.41) is 8.51. The summed E-state index contributed by atoms with van der Waals surface area (Å²) in [4.78, 5) is 0. The molecule has 0 heterocycles. The van der Waals surface area contributed by atoms with E-state index in [9.17, 15) is 0 Å². The molecule has 1 unspecified atom stereocenters. The minimum atomic E-state index is 0.0694. The van der Waals surface area contributed by atoms with E-state index in [1.807, 2.05) is 0 Å². The fraction of sp³-hybridized carbons (Fsp3) is 1.00. The Labute approximate surface area is 124 Å². The van der Waals surface area contributed by atoms with Crippen LogP contribution in [0.2, 0.25) is 0 Å². The van der Waals surface area contributed by atoms with Crippen molar-refractivity contribution in [1.29, 1.82) is 0 Å². The third-order valence-corrected chi connectivity index (χ3v) is 3.44. The van der Waals surface area contributed by atoms with E-state index in [1.54, 1.807) is 0 Å². The summed E-state index contributed by atoms with van der Waals surface area (Å²) in [5.74, 6) is 0.814. The van der Waals surface area contributed by atoms with Gasteiger partial charge >= 0.3 is 0 Å². The third kappa shape index (κ3) is 14.3. The normalized spacial score (nSPS) is 12.8. The van der Waals surface area contributed by atoms with Gasteiger partial charge in [0.2, 0.25) is 0 Å². The van der Waals surface area contributed by atoms with Crippen LogP contribution in [0.3, 0.4) is 0 Å². The molecule has 0 radical (unpaired) electrons. The zero-order valence-corrected chi connectivity index (χ0v) is 13.4. The number of unbranched alkanes of at least 4 members (excludes halogenated alkanes) is 2. The second kappa shape index (κ2) is 16.9. The zero-order chi connectivity index (χ0) is 14.9. The Morgan fingerprint density at radius 1 is 0.750 bits per heavy atom. The fourth-order valence-corrected chi connectivity index (χ4v) is 2.09. The fourth-order valence-electron chi connectivity index (χ4n) is 2.09. The summed E-state index contributed by atoms with van der Waals surface area (Å²) in [7, 11) is 0. The largest absolute Gasteiger partial charge is 0.394 e. The van der Waals surface area contributed by atoms with Gasteiger partial charge in [-0.3, -0.25) is 0 Å². The van der Waals surface area contributed by atoms with Crippen LogP contribution in [0.25, 0.3) is 0 Å². The molecule has 1 atom stereocenters. The van der Waals surface area contributed by atoms with Gasteiger partial charge in [0.15, 0.2) is 0 Å². The molecule has 0 aliphatic carbocycles. The van der Waals surface area contributed by atoms with Crippen molar-refractivity contribution in [3.63, 3.8) is 0 Å². The highest BCUT2D eigenvalue weighted by Crippen LogP contribution is 2.17. The Kier molecular flexibility index (Phi) is 16.8. The van der Waals surface area contributed by atoms with Crippen molar-refractivity contribution in [2.45, 2.75) is 52.4 Å². The lowest BCUT2D eigenvalue weighted by molar-refractivity contribution is 0.00570. The van der Waals surface area contributed by atoms with Crippen molar-refractivity contribution in [3.05, 3.63) is 0 Å². The Balaban J connectivity index is 3.20. The highest BCUT2D eigenvalue weighted by Gasteiger charge is 2.05. The number of rotatable bonds is 16. The first-order valence-corrected chi connectivity index (χ1v) is 8.19. The van der Waals surface area contributed by atoms with Crippen LogP contribution in [0.1, 0.15) is 52.4 Å². The van der Waals surface area contributed by atoms with Crippen molar-refractivity contribution < 1.29 is 19.3 Å². The molecule has 1 N–H and O–H groups in total. The first kappa shape index (κ1) is 19.8. The van der Waals surface area contributed by atoms with E-state index in [-0.39, 0.29) is 6.61 Å². The molecule has 0 aliphatic rings. The molecule has 0 saturated heterocycles. The quantitative estimate of drug-likeness (QED) is 0.444. The van der Waals surface area contributed by atoms with E-state index in [0.717, 1.165) is 12.5 Å². The minimum Gasteiger partial charge on any atom is -0.394 e. The lowest BCUT2D eigenvalue weighted by Crippen LogP contribution is -2.12. The van der Waals surface area contributed by atoms with Gasteiger partial charge in [-0.15, -0.1) is 0 Å².